The molecular formula is C15H24N2O3. The Kier molecular flexibility index (Phi) is 6.87. The molecule has 5 nitrogen and oxygen atoms in total. The fourth-order valence-electron chi connectivity index (χ4n) is 1.79. The number of benzene rings is 1. The van der Waals surface area contributed by atoms with Crippen LogP contribution in [0, 0.1) is 0 Å². The normalized spacial score (nSPS) is 10.4. The van der Waals surface area contributed by atoms with Crippen LogP contribution < -0.4 is 20.1 Å². The van der Waals surface area contributed by atoms with Crippen LogP contribution in [0.2, 0.25) is 0 Å². The predicted molar refractivity (Wildman–Crippen MR) is 79.1 cm³/mol. The minimum absolute atomic E-state index is 0.00855. The van der Waals surface area contributed by atoms with Crippen LogP contribution in [0.4, 0.5) is 0 Å². The van der Waals surface area contributed by atoms with E-state index in [9.17, 15) is 4.79 Å². The molecule has 2 N–H and O–H groups in total. The molecule has 0 atom stereocenters. The van der Waals surface area contributed by atoms with Crippen molar-refractivity contribution < 1.29 is 14.3 Å². The Balaban J connectivity index is 2.53. The largest absolute Gasteiger partial charge is 0.493 e. The zero-order valence-electron chi connectivity index (χ0n) is 12.7. The van der Waals surface area contributed by atoms with Crippen molar-refractivity contribution in [3.05, 3.63) is 23.8 Å². The molecule has 0 aliphatic rings. The van der Waals surface area contributed by atoms with Crippen LogP contribution in [-0.4, -0.2) is 32.7 Å². The summed E-state index contributed by atoms with van der Waals surface area (Å²) in [6.07, 6.45) is 0.333. The quantitative estimate of drug-likeness (QED) is 0.761. The minimum Gasteiger partial charge on any atom is -0.493 e. The number of ether oxygens (including phenoxy) is 2. The standard InChI is InChI=1S/C15H24N2O3/c1-11(2)17-15(18)7-8-20-13-6-5-12(10-16-3)9-14(13)19-4/h5-6,9,11,16H,7-8,10H2,1-4H3,(H,17,18). The Morgan fingerprint density at radius 3 is 2.65 bits per heavy atom. The van der Waals surface area contributed by atoms with Gasteiger partial charge in [0.1, 0.15) is 0 Å². The first kappa shape index (κ1) is 16.3. The lowest BCUT2D eigenvalue weighted by Crippen LogP contribution is -2.31. The van der Waals surface area contributed by atoms with Gasteiger partial charge in [-0.1, -0.05) is 6.07 Å². The Bertz CT molecular complexity index is 433. The van der Waals surface area contributed by atoms with Crippen molar-refractivity contribution in [2.75, 3.05) is 20.8 Å². The van der Waals surface area contributed by atoms with Crippen LogP contribution in [0.3, 0.4) is 0 Å². The first-order valence-corrected chi connectivity index (χ1v) is 6.80. The van der Waals surface area contributed by atoms with E-state index in [1.807, 2.05) is 39.1 Å². The topological polar surface area (TPSA) is 59.6 Å². The third kappa shape index (κ3) is 5.48. The van der Waals surface area contributed by atoms with Crippen LogP contribution in [0.5, 0.6) is 11.5 Å². The summed E-state index contributed by atoms with van der Waals surface area (Å²) in [6, 6.07) is 5.92. The summed E-state index contributed by atoms with van der Waals surface area (Å²) in [6.45, 7) is 4.97. The Morgan fingerprint density at radius 1 is 1.30 bits per heavy atom. The number of hydrogen-bond donors (Lipinski definition) is 2. The molecule has 0 aromatic heterocycles. The van der Waals surface area contributed by atoms with Gasteiger partial charge in [-0.25, -0.2) is 0 Å². The lowest BCUT2D eigenvalue weighted by molar-refractivity contribution is -0.122. The lowest BCUT2D eigenvalue weighted by Gasteiger charge is -2.13. The summed E-state index contributed by atoms with van der Waals surface area (Å²) in [5.41, 5.74) is 1.12. The fraction of sp³-hybridized carbons (Fsp3) is 0.533. The van der Waals surface area contributed by atoms with Gasteiger partial charge in [-0.3, -0.25) is 4.79 Å². The molecule has 0 bridgehead atoms. The van der Waals surface area contributed by atoms with Gasteiger partial charge in [0.2, 0.25) is 5.91 Å². The summed E-state index contributed by atoms with van der Waals surface area (Å²) in [4.78, 5) is 11.5. The molecule has 0 aliphatic carbocycles. The Labute approximate surface area is 120 Å². The Morgan fingerprint density at radius 2 is 2.05 bits per heavy atom. The molecule has 0 saturated carbocycles. The maximum atomic E-state index is 11.5. The van der Waals surface area contributed by atoms with Gasteiger partial charge < -0.3 is 20.1 Å². The molecule has 0 unspecified atom stereocenters. The highest BCUT2D eigenvalue weighted by Crippen LogP contribution is 2.28. The zero-order chi connectivity index (χ0) is 15.0. The Hall–Kier alpha value is -1.75. The van der Waals surface area contributed by atoms with E-state index in [0.29, 0.717) is 24.5 Å². The van der Waals surface area contributed by atoms with Crippen LogP contribution in [-0.2, 0) is 11.3 Å². The summed E-state index contributed by atoms with van der Waals surface area (Å²) in [7, 11) is 3.50. The molecule has 0 saturated heterocycles. The minimum atomic E-state index is -0.00855. The second-order valence-electron chi connectivity index (χ2n) is 4.84. The molecule has 112 valence electrons. The van der Waals surface area contributed by atoms with Crippen molar-refractivity contribution >= 4 is 5.91 Å². The highest BCUT2D eigenvalue weighted by Gasteiger charge is 2.08. The highest BCUT2D eigenvalue weighted by molar-refractivity contribution is 5.76. The summed E-state index contributed by atoms with van der Waals surface area (Å²) in [5, 5.41) is 5.91. The third-order valence-corrected chi connectivity index (χ3v) is 2.65. The van der Waals surface area contributed by atoms with Crippen molar-refractivity contribution in [1.82, 2.24) is 10.6 Å². The third-order valence-electron chi connectivity index (χ3n) is 2.65. The molecule has 5 heteroatoms. The van der Waals surface area contributed by atoms with E-state index in [0.717, 1.165) is 12.1 Å². The van der Waals surface area contributed by atoms with Crippen LogP contribution >= 0.6 is 0 Å². The van der Waals surface area contributed by atoms with E-state index >= 15 is 0 Å². The number of rotatable bonds is 8. The van der Waals surface area contributed by atoms with E-state index in [1.54, 1.807) is 7.11 Å². The maximum absolute atomic E-state index is 11.5. The molecular weight excluding hydrogens is 256 g/mol. The van der Waals surface area contributed by atoms with Crippen molar-refractivity contribution in [2.24, 2.45) is 0 Å². The lowest BCUT2D eigenvalue weighted by atomic mass is 10.2. The van der Waals surface area contributed by atoms with Crippen molar-refractivity contribution in [2.45, 2.75) is 32.9 Å². The van der Waals surface area contributed by atoms with Crippen LogP contribution in [0.15, 0.2) is 18.2 Å². The van der Waals surface area contributed by atoms with E-state index in [1.165, 1.54) is 0 Å². The molecule has 1 rings (SSSR count). The number of nitrogens with one attached hydrogen (secondary N) is 2. The number of amides is 1. The summed E-state index contributed by atoms with van der Waals surface area (Å²) >= 11 is 0. The molecule has 0 aliphatic heterocycles. The predicted octanol–water partition coefficient (Wildman–Crippen LogP) is 1.71. The van der Waals surface area contributed by atoms with Gasteiger partial charge in [0.15, 0.2) is 11.5 Å². The highest BCUT2D eigenvalue weighted by atomic mass is 16.5. The van der Waals surface area contributed by atoms with Gasteiger partial charge in [-0.2, -0.15) is 0 Å². The van der Waals surface area contributed by atoms with E-state index in [4.69, 9.17) is 9.47 Å². The van der Waals surface area contributed by atoms with Crippen LogP contribution in [0.1, 0.15) is 25.8 Å². The second-order valence-corrected chi connectivity index (χ2v) is 4.84. The average molecular weight is 280 g/mol. The maximum Gasteiger partial charge on any atom is 0.223 e. The van der Waals surface area contributed by atoms with Crippen LogP contribution in [0.25, 0.3) is 0 Å². The molecule has 1 aromatic rings. The van der Waals surface area contributed by atoms with Crippen molar-refractivity contribution in [1.29, 1.82) is 0 Å². The van der Waals surface area contributed by atoms with Gasteiger partial charge in [-0.05, 0) is 38.6 Å². The first-order chi connectivity index (χ1) is 9.56. The molecule has 20 heavy (non-hydrogen) atoms. The van der Waals surface area contributed by atoms with E-state index < -0.39 is 0 Å². The summed E-state index contributed by atoms with van der Waals surface area (Å²) < 4.78 is 10.9. The second kappa shape index (κ2) is 8.43. The zero-order valence-corrected chi connectivity index (χ0v) is 12.7. The fourth-order valence-corrected chi connectivity index (χ4v) is 1.79. The molecule has 0 spiro atoms. The number of carbonyl (C=O) groups excluding carboxylic acids is 1. The van der Waals surface area contributed by atoms with Crippen molar-refractivity contribution in [3.8, 4) is 11.5 Å². The van der Waals surface area contributed by atoms with Gasteiger partial charge in [0.25, 0.3) is 0 Å². The first-order valence-electron chi connectivity index (χ1n) is 6.80. The summed E-state index contributed by atoms with van der Waals surface area (Å²) in [5.74, 6) is 1.33. The molecule has 0 radical (unpaired) electrons. The van der Waals surface area contributed by atoms with Gasteiger partial charge in [0, 0.05) is 12.6 Å². The molecule has 1 aromatic carbocycles. The van der Waals surface area contributed by atoms with E-state index in [-0.39, 0.29) is 11.9 Å². The SMILES string of the molecule is CNCc1ccc(OCCC(=O)NC(C)C)c(OC)c1. The number of hydrogen-bond acceptors (Lipinski definition) is 4. The van der Waals surface area contributed by atoms with E-state index in [2.05, 4.69) is 10.6 Å². The van der Waals surface area contributed by atoms with Gasteiger partial charge in [0.05, 0.1) is 20.1 Å². The molecule has 0 fully saturated rings. The van der Waals surface area contributed by atoms with Gasteiger partial charge >= 0.3 is 0 Å². The number of methoxy groups -OCH3 is 1. The van der Waals surface area contributed by atoms with Crippen molar-refractivity contribution in [3.63, 3.8) is 0 Å². The smallest absolute Gasteiger partial charge is 0.223 e. The molecule has 1 amide bonds. The molecule has 0 heterocycles. The number of carbonyl (C=O) groups is 1. The monoisotopic (exact) mass is 280 g/mol. The average Bonchev–Trinajstić information content (AvgIpc) is 2.39. The van der Waals surface area contributed by atoms with Gasteiger partial charge in [-0.15, -0.1) is 0 Å².